The maximum Gasteiger partial charge on any atom is 0.217 e. The molecule has 1 aromatic carbocycles. The van der Waals surface area contributed by atoms with Gasteiger partial charge in [-0.05, 0) is 12.0 Å². The van der Waals surface area contributed by atoms with Gasteiger partial charge in [-0.15, -0.1) is 0 Å². The number of hydrogen-bond acceptors (Lipinski definition) is 11. The third-order valence-corrected chi connectivity index (χ3v) is 6.15. The predicted molar refractivity (Wildman–Crippen MR) is 125 cm³/mol. The van der Waals surface area contributed by atoms with Crippen molar-refractivity contribution in [2.45, 2.75) is 88.2 Å². The fourth-order valence-corrected chi connectivity index (χ4v) is 4.26. The molecule has 0 saturated carbocycles. The summed E-state index contributed by atoms with van der Waals surface area (Å²) in [4.78, 5) is 11.9. The number of carbonyl (C=O) groups is 1. The Morgan fingerprint density at radius 3 is 2.39 bits per heavy atom. The van der Waals surface area contributed by atoms with Crippen molar-refractivity contribution in [3.63, 3.8) is 0 Å². The van der Waals surface area contributed by atoms with E-state index in [-0.39, 0.29) is 19.1 Å². The summed E-state index contributed by atoms with van der Waals surface area (Å²) in [6, 6.07) is 7.82. The number of benzene rings is 1. The molecule has 12 nitrogen and oxygen atoms in total. The number of rotatable bonds is 11. The summed E-state index contributed by atoms with van der Waals surface area (Å²) in [6.07, 6.45) is -9.36. The minimum absolute atomic E-state index is 0.0312. The van der Waals surface area contributed by atoms with Gasteiger partial charge in [-0.1, -0.05) is 37.3 Å². The summed E-state index contributed by atoms with van der Waals surface area (Å²) in [7, 11) is 0. The van der Waals surface area contributed by atoms with E-state index in [2.05, 4.69) is 5.32 Å². The lowest BCUT2D eigenvalue weighted by Gasteiger charge is -2.48. The van der Waals surface area contributed by atoms with Gasteiger partial charge < -0.3 is 55.2 Å². The highest BCUT2D eigenvalue weighted by molar-refractivity contribution is 5.73. The van der Waals surface area contributed by atoms with Crippen LogP contribution >= 0.6 is 0 Å². The van der Waals surface area contributed by atoms with Gasteiger partial charge in [0.2, 0.25) is 5.91 Å². The molecular formula is C24H38N2O10. The van der Waals surface area contributed by atoms with Crippen molar-refractivity contribution in [3.05, 3.63) is 35.9 Å². The van der Waals surface area contributed by atoms with Crippen molar-refractivity contribution in [2.75, 3.05) is 19.8 Å². The molecule has 0 aromatic heterocycles. The number of ether oxygens (including phenoxy) is 5. The Hall–Kier alpha value is -1.71. The van der Waals surface area contributed by atoms with Crippen molar-refractivity contribution in [3.8, 4) is 0 Å². The molecule has 2 saturated heterocycles. The topological polar surface area (TPSA) is 182 Å². The molecule has 2 aliphatic heterocycles. The first-order valence-electron chi connectivity index (χ1n) is 12.1. The third-order valence-electron chi connectivity index (χ3n) is 6.15. The van der Waals surface area contributed by atoms with E-state index in [0.717, 1.165) is 5.56 Å². The Labute approximate surface area is 210 Å². The molecule has 0 unspecified atom stereocenters. The summed E-state index contributed by atoms with van der Waals surface area (Å²) in [5, 5.41) is 43.0. The molecule has 7 N–H and O–H groups in total. The summed E-state index contributed by atoms with van der Waals surface area (Å²) < 4.78 is 29.3. The molecule has 0 aliphatic carbocycles. The fraction of sp³-hybridized carbons (Fsp3) is 0.708. The van der Waals surface area contributed by atoms with Crippen LogP contribution in [0.1, 0.15) is 25.8 Å². The SMILES string of the molecule is CCCO[C@@H]1O[C@H](COCc2ccccc2)[C@@H](O[C@@H]2O[C@H](CO)[C@@H](O)[C@H](O)[C@H]2O)[C@H](N)[C@H]1NC(C)=O. The predicted octanol–water partition coefficient (Wildman–Crippen LogP) is -1.63. The van der Waals surface area contributed by atoms with Crippen molar-refractivity contribution in [1.82, 2.24) is 5.32 Å². The minimum Gasteiger partial charge on any atom is -0.394 e. The number of aliphatic hydroxyl groups excluding tert-OH is 4. The van der Waals surface area contributed by atoms with Gasteiger partial charge in [-0.25, -0.2) is 0 Å². The molecular weight excluding hydrogens is 476 g/mol. The number of carbonyl (C=O) groups excluding carboxylic acids is 1. The van der Waals surface area contributed by atoms with E-state index in [9.17, 15) is 25.2 Å². The van der Waals surface area contributed by atoms with E-state index < -0.39 is 67.9 Å². The van der Waals surface area contributed by atoms with E-state index in [1.54, 1.807) is 0 Å². The number of nitrogens with two attached hydrogens (primary N) is 1. The van der Waals surface area contributed by atoms with Crippen molar-refractivity contribution < 1.29 is 48.9 Å². The van der Waals surface area contributed by atoms with Gasteiger partial charge in [-0.3, -0.25) is 4.79 Å². The second-order valence-corrected chi connectivity index (χ2v) is 9.02. The molecule has 12 heteroatoms. The molecule has 1 amide bonds. The van der Waals surface area contributed by atoms with Gasteiger partial charge >= 0.3 is 0 Å². The van der Waals surface area contributed by atoms with Crippen LogP contribution in [0.3, 0.4) is 0 Å². The van der Waals surface area contributed by atoms with Crippen molar-refractivity contribution in [1.29, 1.82) is 0 Å². The monoisotopic (exact) mass is 514 g/mol. The molecule has 204 valence electrons. The van der Waals surface area contributed by atoms with Crippen LogP contribution < -0.4 is 11.1 Å². The zero-order valence-corrected chi connectivity index (χ0v) is 20.5. The highest BCUT2D eigenvalue weighted by atomic mass is 16.7. The molecule has 2 aliphatic rings. The van der Waals surface area contributed by atoms with Gasteiger partial charge in [-0.2, -0.15) is 0 Å². The van der Waals surface area contributed by atoms with Gasteiger partial charge in [0.15, 0.2) is 12.6 Å². The average Bonchev–Trinajstić information content (AvgIpc) is 2.87. The Balaban J connectivity index is 1.80. The first kappa shape index (κ1) is 28.9. The number of aliphatic hydroxyl groups is 4. The molecule has 0 spiro atoms. The summed E-state index contributed by atoms with van der Waals surface area (Å²) in [5.41, 5.74) is 7.49. The Morgan fingerprint density at radius 1 is 1.06 bits per heavy atom. The standard InChI is InChI=1S/C24H38N2O10/c1-3-9-33-23-18(26-13(2)28)17(25)22(16(35-23)12-32-11-14-7-5-4-6-8-14)36-24-21(31)20(30)19(29)15(10-27)34-24/h4-8,15-24,27,29-31H,3,9-12,25H2,1-2H3,(H,26,28)/t15-,16-,17-,18-,19-,20+,21-,22-,23-,24+/m1/s1. The van der Waals surface area contributed by atoms with Gasteiger partial charge in [0.1, 0.15) is 36.6 Å². The summed E-state index contributed by atoms with van der Waals surface area (Å²) >= 11 is 0. The van der Waals surface area contributed by atoms with Gasteiger partial charge in [0, 0.05) is 13.5 Å². The van der Waals surface area contributed by atoms with E-state index >= 15 is 0 Å². The lowest BCUT2D eigenvalue weighted by Crippen LogP contribution is -2.70. The summed E-state index contributed by atoms with van der Waals surface area (Å²) in [5.74, 6) is -0.352. The molecule has 36 heavy (non-hydrogen) atoms. The number of hydrogen-bond donors (Lipinski definition) is 6. The van der Waals surface area contributed by atoms with E-state index in [4.69, 9.17) is 29.4 Å². The Kier molecular flexibility index (Phi) is 11.0. The van der Waals surface area contributed by atoms with Crippen LogP contribution in [0.5, 0.6) is 0 Å². The third kappa shape index (κ3) is 7.19. The molecule has 0 radical (unpaired) electrons. The molecule has 1 aromatic rings. The lowest BCUT2D eigenvalue weighted by molar-refractivity contribution is -0.338. The maximum absolute atomic E-state index is 11.9. The molecule has 10 atom stereocenters. The maximum atomic E-state index is 11.9. The first-order chi connectivity index (χ1) is 17.3. The van der Waals surface area contributed by atoms with E-state index in [1.165, 1.54) is 6.92 Å². The highest BCUT2D eigenvalue weighted by Gasteiger charge is 2.50. The van der Waals surface area contributed by atoms with Crippen LogP contribution in [0.25, 0.3) is 0 Å². The Bertz CT molecular complexity index is 800. The largest absolute Gasteiger partial charge is 0.394 e. The molecule has 2 fully saturated rings. The molecule has 2 heterocycles. The second kappa shape index (κ2) is 13.7. The normalized spacial score (nSPS) is 37.0. The smallest absolute Gasteiger partial charge is 0.217 e. The summed E-state index contributed by atoms with van der Waals surface area (Å²) in [6.45, 7) is 3.35. The fourth-order valence-electron chi connectivity index (χ4n) is 4.26. The van der Waals surface area contributed by atoms with E-state index in [0.29, 0.717) is 13.0 Å². The lowest BCUT2D eigenvalue weighted by atomic mass is 9.93. The zero-order chi connectivity index (χ0) is 26.2. The second-order valence-electron chi connectivity index (χ2n) is 9.02. The Morgan fingerprint density at radius 2 is 1.75 bits per heavy atom. The van der Waals surface area contributed by atoms with Crippen LogP contribution in [0.2, 0.25) is 0 Å². The number of amides is 1. The van der Waals surface area contributed by atoms with Crippen LogP contribution in [0.4, 0.5) is 0 Å². The van der Waals surface area contributed by atoms with Crippen LogP contribution in [-0.4, -0.2) is 107 Å². The van der Waals surface area contributed by atoms with Gasteiger partial charge in [0.05, 0.1) is 31.9 Å². The quantitative estimate of drug-likeness (QED) is 0.199. The minimum atomic E-state index is -1.63. The highest BCUT2D eigenvalue weighted by Crippen LogP contribution is 2.29. The van der Waals surface area contributed by atoms with Crippen LogP contribution in [0.15, 0.2) is 30.3 Å². The van der Waals surface area contributed by atoms with E-state index in [1.807, 2.05) is 37.3 Å². The van der Waals surface area contributed by atoms with Crippen molar-refractivity contribution in [2.24, 2.45) is 5.73 Å². The number of nitrogens with one attached hydrogen (secondary N) is 1. The van der Waals surface area contributed by atoms with Crippen molar-refractivity contribution >= 4 is 5.91 Å². The zero-order valence-electron chi connectivity index (χ0n) is 20.5. The van der Waals surface area contributed by atoms with Gasteiger partial charge in [0.25, 0.3) is 0 Å². The van der Waals surface area contributed by atoms with Crippen LogP contribution in [0, 0.1) is 0 Å². The molecule has 3 rings (SSSR count). The van der Waals surface area contributed by atoms with Crippen LogP contribution in [-0.2, 0) is 35.1 Å². The average molecular weight is 515 g/mol. The first-order valence-corrected chi connectivity index (χ1v) is 12.1. The molecule has 0 bridgehead atoms.